The molecule has 53 heavy (non-hydrogen) atoms. The van der Waals surface area contributed by atoms with E-state index in [1.807, 2.05) is 66.7 Å². The average Bonchev–Trinajstić information content (AvgIpc) is 3.15. The fraction of sp³-hybridized carbons (Fsp3) is 0.205. The third kappa shape index (κ3) is 7.42. The number of fused-ring (bicyclic) bond motifs is 1. The zero-order valence-corrected chi connectivity index (χ0v) is 33.6. The molecule has 1 aromatic heterocycles. The lowest BCUT2D eigenvalue weighted by molar-refractivity contribution is 0.225. The molecule has 5 aromatic carbocycles. The number of halogens is 1. The molecule has 0 saturated carbocycles. The summed E-state index contributed by atoms with van der Waals surface area (Å²) in [5, 5.41) is 5.75. The predicted octanol–water partition coefficient (Wildman–Crippen LogP) is 10.3. The van der Waals surface area contributed by atoms with E-state index < -0.39 is 8.32 Å². The number of hydrogen-bond donors (Lipinski definition) is 1. The molecule has 268 valence electrons. The number of anilines is 5. The van der Waals surface area contributed by atoms with Crippen LogP contribution in [0.5, 0.6) is 0 Å². The van der Waals surface area contributed by atoms with E-state index in [1.165, 1.54) is 21.5 Å². The van der Waals surface area contributed by atoms with Gasteiger partial charge in [-0.15, -0.1) is 0 Å². The molecule has 7 nitrogen and oxygen atoms in total. The van der Waals surface area contributed by atoms with E-state index in [0.717, 1.165) is 27.0 Å². The second kappa shape index (κ2) is 14.7. The monoisotopic (exact) mass is 781 g/mol. The molecule has 0 bridgehead atoms. The molecular formula is C44H44BrN5O2Si. The summed E-state index contributed by atoms with van der Waals surface area (Å²) in [6.07, 6.45) is 1.52. The Bertz CT molecular complexity index is 2260. The Kier molecular flexibility index (Phi) is 10.1. The number of carbonyl (C=O) groups is 1. The predicted molar refractivity (Wildman–Crippen MR) is 223 cm³/mol. The first-order valence-electron chi connectivity index (χ1n) is 17.9. The minimum absolute atomic E-state index is 0.0442. The number of carbonyl (C=O) groups excluding carboxylic acids is 1. The number of urea groups is 1. The van der Waals surface area contributed by atoms with Gasteiger partial charge in [0.15, 0.2) is 5.82 Å². The van der Waals surface area contributed by atoms with Gasteiger partial charge in [0.25, 0.3) is 8.32 Å². The van der Waals surface area contributed by atoms with Gasteiger partial charge in [-0.1, -0.05) is 112 Å². The lowest BCUT2D eigenvalue weighted by Crippen LogP contribution is -2.59. The van der Waals surface area contributed by atoms with Crippen LogP contribution in [0.3, 0.4) is 0 Å². The smallest absolute Gasteiger partial charge is 0.335 e. The Hall–Kier alpha value is -5.09. The van der Waals surface area contributed by atoms with Crippen LogP contribution in [0, 0.1) is 6.92 Å². The van der Waals surface area contributed by atoms with Crippen molar-refractivity contribution in [3.8, 4) is 0 Å². The zero-order valence-electron chi connectivity index (χ0n) is 31.0. The Morgan fingerprint density at radius 1 is 0.868 bits per heavy atom. The molecule has 0 saturated heterocycles. The van der Waals surface area contributed by atoms with Gasteiger partial charge in [-0.2, -0.15) is 4.98 Å². The molecular weight excluding hydrogens is 739 g/mol. The van der Waals surface area contributed by atoms with Gasteiger partial charge in [-0.25, -0.2) is 14.7 Å². The van der Waals surface area contributed by atoms with Gasteiger partial charge in [-0.3, -0.25) is 4.90 Å². The van der Waals surface area contributed by atoms with Crippen LogP contribution < -0.4 is 25.5 Å². The highest BCUT2D eigenvalue weighted by atomic mass is 79.9. The van der Waals surface area contributed by atoms with Gasteiger partial charge in [0, 0.05) is 21.9 Å². The van der Waals surface area contributed by atoms with Crippen LogP contribution in [0.1, 0.15) is 56.1 Å². The minimum Gasteiger partial charge on any atom is -0.402 e. The fourth-order valence-corrected chi connectivity index (χ4v) is 11.0. The molecule has 0 fully saturated rings. The number of para-hydroxylation sites is 2. The highest BCUT2D eigenvalue weighted by Gasteiger charge is 2.39. The summed E-state index contributed by atoms with van der Waals surface area (Å²) in [5.41, 5.74) is 6.69. The Balaban J connectivity index is 1.28. The molecule has 7 rings (SSSR count). The Morgan fingerprint density at radius 3 is 2.26 bits per heavy atom. The van der Waals surface area contributed by atoms with Crippen molar-refractivity contribution < 1.29 is 9.22 Å². The second-order valence-corrected chi connectivity index (χ2v) is 19.0. The van der Waals surface area contributed by atoms with Crippen LogP contribution in [0.25, 0.3) is 0 Å². The van der Waals surface area contributed by atoms with Crippen molar-refractivity contribution in [1.82, 2.24) is 9.97 Å². The van der Waals surface area contributed by atoms with Crippen LogP contribution in [0.2, 0.25) is 6.55 Å². The average molecular weight is 783 g/mol. The summed E-state index contributed by atoms with van der Waals surface area (Å²) < 4.78 is 8.14. The van der Waals surface area contributed by atoms with E-state index in [2.05, 4.69) is 128 Å². The summed E-state index contributed by atoms with van der Waals surface area (Å²) in [6.45, 7) is 13.7. The molecule has 9 heteroatoms. The maximum Gasteiger partial charge on any atom is 0.335 e. The van der Waals surface area contributed by atoms with Crippen molar-refractivity contribution in [2.24, 2.45) is 0 Å². The standard InChI is InChI=1S/C44H44BrN5O2Si/c1-30-26-34(44(3,4)5)24-25-40(30)53(6,37-20-11-8-12-21-37)52-31(2)32-16-15-19-36(27-32)50-41-33(28-46-42(48-41)47-35-17-9-7-10-18-35)29-49(43(50)51)39-23-14-13-22-38(39)45/h7-28,31H,29H2,1-6H3,(H,46,47,48). The number of hydrogen-bond acceptors (Lipinski definition) is 5. The number of aromatic nitrogens is 2. The third-order valence-corrected chi connectivity index (χ3v) is 14.4. The first kappa shape index (κ1) is 36.3. The fourth-order valence-electron chi connectivity index (χ4n) is 7.00. The largest absolute Gasteiger partial charge is 0.402 e. The summed E-state index contributed by atoms with van der Waals surface area (Å²) in [5.74, 6) is 0.947. The van der Waals surface area contributed by atoms with Crippen molar-refractivity contribution in [1.29, 1.82) is 0 Å². The van der Waals surface area contributed by atoms with Gasteiger partial charge >= 0.3 is 6.03 Å². The lowest BCUT2D eigenvalue weighted by atomic mass is 9.86. The SMILES string of the molecule is Cc1cc(C(C)(C)C)ccc1[Si](C)(OC(C)c1cccc(N2C(=O)N(c3ccccc3Br)Cc3cnc(Nc4ccccc4)nc32)c1)c1ccccc1. The summed E-state index contributed by atoms with van der Waals surface area (Å²) in [6, 6.07) is 42.9. The number of aryl methyl sites for hydroxylation is 1. The van der Waals surface area contributed by atoms with E-state index in [9.17, 15) is 4.79 Å². The molecule has 6 aromatic rings. The summed E-state index contributed by atoms with van der Waals surface area (Å²) in [7, 11) is -2.73. The molecule has 2 amide bonds. The minimum atomic E-state index is -2.73. The van der Waals surface area contributed by atoms with Gasteiger partial charge in [0.1, 0.15) is 0 Å². The van der Waals surface area contributed by atoms with E-state index in [-0.39, 0.29) is 17.6 Å². The number of amides is 2. The summed E-state index contributed by atoms with van der Waals surface area (Å²) in [4.78, 5) is 27.7. The zero-order chi connectivity index (χ0) is 37.3. The van der Waals surface area contributed by atoms with Gasteiger partial charge in [-0.05, 0) is 105 Å². The van der Waals surface area contributed by atoms with Gasteiger partial charge in [0.05, 0.1) is 24.0 Å². The molecule has 0 aliphatic carbocycles. The topological polar surface area (TPSA) is 70.6 Å². The van der Waals surface area contributed by atoms with Gasteiger partial charge in [0.2, 0.25) is 5.95 Å². The van der Waals surface area contributed by atoms with Crippen molar-refractivity contribution in [2.75, 3.05) is 15.1 Å². The molecule has 2 atom stereocenters. The van der Waals surface area contributed by atoms with Crippen LogP contribution in [-0.2, 0) is 16.4 Å². The quantitative estimate of drug-likeness (QED) is 0.148. The normalized spacial score (nSPS) is 14.7. The lowest BCUT2D eigenvalue weighted by Gasteiger charge is -2.37. The molecule has 2 heterocycles. The van der Waals surface area contributed by atoms with Gasteiger partial charge < -0.3 is 9.74 Å². The number of nitrogens with zero attached hydrogens (tertiary/aromatic N) is 4. The van der Waals surface area contributed by atoms with Crippen molar-refractivity contribution in [3.05, 3.63) is 160 Å². The summed E-state index contributed by atoms with van der Waals surface area (Å²) >= 11 is 3.67. The van der Waals surface area contributed by atoms with Crippen molar-refractivity contribution in [2.45, 2.75) is 59.2 Å². The maximum absolute atomic E-state index is 14.7. The first-order valence-corrected chi connectivity index (χ1v) is 21.1. The van der Waals surface area contributed by atoms with E-state index in [4.69, 9.17) is 9.41 Å². The maximum atomic E-state index is 14.7. The highest BCUT2D eigenvalue weighted by Crippen LogP contribution is 2.39. The molecule has 0 radical (unpaired) electrons. The van der Waals surface area contributed by atoms with Crippen molar-refractivity contribution in [3.63, 3.8) is 0 Å². The van der Waals surface area contributed by atoms with E-state index in [0.29, 0.717) is 24.0 Å². The molecule has 1 aliphatic heterocycles. The van der Waals surface area contributed by atoms with Crippen molar-refractivity contribution >= 4 is 69.5 Å². The molecule has 1 N–H and O–H groups in total. The van der Waals surface area contributed by atoms with E-state index in [1.54, 1.807) is 16.0 Å². The van der Waals surface area contributed by atoms with Crippen LogP contribution in [0.4, 0.5) is 33.6 Å². The first-order chi connectivity index (χ1) is 25.4. The highest BCUT2D eigenvalue weighted by molar-refractivity contribution is 9.10. The van der Waals surface area contributed by atoms with E-state index >= 15 is 0 Å². The second-order valence-electron chi connectivity index (χ2n) is 14.7. The molecule has 0 spiro atoms. The Labute approximate surface area is 322 Å². The van der Waals surface area contributed by atoms with Crippen LogP contribution in [-0.4, -0.2) is 24.3 Å². The molecule has 1 aliphatic rings. The number of benzene rings is 5. The number of rotatable bonds is 9. The number of nitrogens with one attached hydrogen (secondary N) is 1. The van der Waals surface area contributed by atoms with Crippen LogP contribution >= 0.6 is 15.9 Å². The molecule has 2 unspecified atom stereocenters. The Morgan fingerprint density at radius 2 is 1.57 bits per heavy atom. The third-order valence-electron chi connectivity index (χ3n) is 9.92. The van der Waals surface area contributed by atoms with Crippen LogP contribution in [0.15, 0.2) is 138 Å².